The molecule has 0 radical (unpaired) electrons. The van der Waals surface area contributed by atoms with E-state index in [1.54, 1.807) is 6.20 Å². The molecule has 12 heteroatoms. The molecule has 0 saturated carbocycles. The maximum absolute atomic E-state index is 12.3. The number of nitrogens with one attached hydrogen (secondary N) is 2. The Labute approximate surface area is 254 Å². The van der Waals surface area contributed by atoms with Crippen molar-refractivity contribution >= 4 is 40.4 Å². The molecule has 5 nitrogen and oxygen atoms in total. The fourth-order valence-corrected chi connectivity index (χ4v) is 4.94. The Morgan fingerprint density at radius 1 is 0.977 bits per heavy atom. The summed E-state index contributed by atoms with van der Waals surface area (Å²) in [6.07, 6.45) is -5.14. The fourth-order valence-electron chi connectivity index (χ4n) is 4.94. The SMILES string of the molecule is C=CC1CN(C(C)C(O)c2ccnc3ccc(NC)cc23)CCC1C.C=S.CNc1cc(C(F)(F)F)cc(C(F)(F)F)c1. The first-order valence-corrected chi connectivity index (χ1v) is 14.1. The number of hydrogen-bond donors (Lipinski definition) is 3. The lowest BCUT2D eigenvalue weighted by Gasteiger charge is -2.40. The molecule has 1 aromatic heterocycles. The summed E-state index contributed by atoms with van der Waals surface area (Å²) in [5, 5.41) is 17.5. The average Bonchev–Trinajstić information content (AvgIpc) is 3.00. The van der Waals surface area contributed by atoms with Gasteiger partial charge in [0.25, 0.3) is 0 Å². The third-order valence-corrected chi connectivity index (χ3v) is 7.64. The molecule has 1 aliphatic heterocycles. The monoisotopic (exact) mass is 628 g/mol. The van der Waals surface area contributed by atoms with Gasteiger partial charge in [-0.3, -0.25) is 9.88 Å². The Morgan fingerprint density at radius 3 is 2.07 bits per heavy atom. The molecule has 4 unspecified atom stereocenters. The van der Waals surface area contributed by atoms with Gasteiger partial charge in [0.05, 0.1) is 22.7 Å². The highest BCUT2D eigenvalue weighted by atomic mass is 32.1. The minimum atomic E-state index is -4.80. The van der Waals surface area contributed by atoms with Gasteiger partial charge in [0.1, 0.15) is 0 Å². The van der Waals surface area contributed by atoms with Gasteiger partial charge in [-0.25, -0.2) is 0 Å². The summed E-state index contributed by atoms with van der Waals surface area (Å²) >= 11 is 3.83. The number of likely N-dealkylation sites (tertiary alicyclic amines) is 1. The molecule has 4 atom stereocenters. The van der Waals surface area contributed by atoms with Crippen LogP contribution in [0.25, 0.3) is 10.9 Å². The topological polar surface area (TPSA) is 60.4 Å². The highest BCUT2D eigenvalue weighted by Crippen LogP contribution is 2.37. The maximum Gasteiger partial charge on any atom is 0.416 e. The van der Waals surface area contributed by atoms with Gasteiger partial charge in [-0.2, -0.15) is 26.3 Å². The lowest BCUT2D eigenvalue weighted by Crippen LogP contribution is -2.46. The number of alkyl halides is 6. The van der Waals surface area contributed by atoms with E-state index < -0.39 is 29.6 Å². The first kappa shape index (κ1) is 36.0. The van der Waals surface area contributed by atoms with E-state index >= 15 is 0 Å². The van der Waals surface area contributed by atoms with Crippen molar-refractivity contribution in [3.63, 3.8) is 0 Å². The second-order valence-electron chi connectivity index (χ2n) is 10.3. The Kier molecular flexibility index (Phi) is 13.0. The highest BCUT2D eigenvalue weighted by Gasteiger charge is 2.37. The summed E-state index contributed by atoms with van der Waals surface area (Å²) in [4.78, 5) is 6.84. The number of aromatic nitrogens is 1. The molecule has 3 aromatic rings. The van der Waals surface area contributed by atoms with Crippen LogP contribution in [0.5, 0.6) is 0 Å². The van der Waals surface area contributed by atoms with E-state index in [0.29, 0.717) is 24.0 Å². The Hall–Kier alpha value is -3.22. The quantitative estimate of drug-likeness (QED) is 0.145. The Morgan fingerprint density at radius 2 is 1.56 bits per heavy atom. The van der Waals surface area contributed by atoms with Crippen LogP contribution < -0.4 is 10.6 Å². The number of anilines is 2. The minimum Gasteiger partial charge on any atom is -0.388 e. The number of benzene rings is 2. The highest BCUT2D eigenvalue weighted by molar-refractivity contribution is 7.77. The van der Waals surface area contributed by atoms with Crippen LogP contribution in [0.2, 0.25) is 0 Å². The molecule has 1 aliphatic rings. The van der Waals surface area contributed by atoms with E-state index in [0.717, 1.165) is 41.7 Å². The number of aliphatic hydroxyl groups excluding tert-OH is 1. The zero-order valence-corrected chi connectivity index (χ0v) is 25.4. The van der Waals surface area contributed by atoms with Crippen LogP contribution in [0.1, 0.15) is 43.1 Å². The summed E-state index contributed by atoms with van der Waals surface area (Å²) in [7, 11) is 3.15. The first-order valence-electron chi connectivity index (χ1n) is 13.6. The smallest absolute Gasteiger partial charge is 0.388 e. The predicted octanol–water partition coefficient (Wildman–Crippen LogP) is 8.22. The van der Waals surface area contributed by atoms with E-state index in [2.05, 4.69) is 71.2 Å². The molecule has 1 saturated heterocycles. The summed E-state index contributed by atoms with van der Waals surface area (Å²) in [6.45, 7) is 10.4. The van der Waals surface area contributed by atoms with Crippen LogP contribution >= 0.6 is 12.2 Å². The Balaban J connectivity index is 0.000000310. The predicted molar refractivity (Wildman–Crippen MR) is 165 cm³/mol. The van der Waals surface area contributed by atoms with Crippen molar-refractivity contribution < 1.29 is 31.4 Å². The third kappa shape index (κ3) is 9.38. The van der Waals surface area contributed by atoms with Gasteiger partial charge in [-0.05, 0) is 85.6 Å². The van der Waals surface area contributed by atoms with Crippen molar-refractivity contribution in [3.05, 3.63) is 78.0 Å². The van der Waals surface area contributed by atoms with Gasteiger partial charge >= 0.3 is 12.4 Å². The number of rotatable bonds is 6. The molecule has 1 fully saturated rings. The molecular weight excluding hydrogens is 590 g/mol. The maximum atomic E-state index is 12.3. The lowest BCUT2D eigenvalue weighted by molar-refractivity contribution is -0.143. The van der Waals surface area contributed by atoms with E-state index in [4.69, 9.17) is 0 Å². The number of thiocarbonyl (C=S) groups is 1. The van der Waals surface area contributed by atoms with Crippen LogP contribution in [0.4, 0.5) is 37.7 Å². The van der Waals surface area contributed by atoms with Crippen LogP contribution in [-0.4, -0.2) is 54.1 Å². The number of piperidine rings is 1. The van der Waals surface area contributed by atoms with Gasteiger partial charge in [0, 0.05) is 49.6 Å². The summed E-state index contributed by atoms with van der Waals surface area (Å²) < 4.78 is 73.7. The molecular formula is C31H38F6N4OS. The molecule has 0 amide bonds. The van der Waals surface area contributed by atoms with Crippen LogP contribution in [0, 0.1) is 11.8 Å². The molecule has 2 aromatic carbocycles. The summed E-state index contributed by atoms with van der Waals surface area (Å²) in [5.41, 5.74) is 0.00276. The van der Waals surface area contributed by atoms with Gasteiger partial charge in [0.15, 0.2) is 0 Å². The molecule has 2 heterocycles. The first-order chi connectivity index (χ1) is 20.2. The van der Waals surface area contributed by atoms with E-state index in [9.17, 15) is 31.4 Å². The second-order valence-corrected chi connectivity index (χ2v) is 10.3. The molecule has 4 rings (SSSR count). The lowest BCUT2D eigenvalue weighted by atomic mass is 9.85. The number of aliphatic hydroxyl groups is 1. The van der Waals surface area contributed by atoms with E-state index in [1.807, 2.05) is 25.2 Å². The molecule has 43 heavy (non-hydrogen) atoms. The van der Waals surface area contributed by atoms with Gasteiger partial charge < -0.3 is 15.7 Å². The Bertz CT molecular complexity index is 1320. The standard InChI is InChI=1S/C21H29N3O.C9H7F6N.CH2S/c1-5-16-13-24(11-9-14(16)2)15(3)21(25)18-8-10-23-20-7-6-17(22-4)12-19(18)20;1-16-7-3-5(8(10,11)12)2-6(4-7)9(13,14)15;1-2/h5-8,10,12,14-16,21-22,25H,1,9,11,13H2,2-4H3;2-4,16H,1H3;1H2. The van der Waals surface area contributed by atoms with E-state index in [1.165, 1.54) is 7.05 Å². The number of halogens is 6. The van der Waals surface area contributed by atoms with Crippen LogP contribution in [0.15, 0.2) is 61.3 Å². The van der Waals surface area contributed by atoms with Gasteiger partial charge in [-0.15, -0.1) is 6.58 Å². The van der Waals surface area contributed by atoms with Crippen molar-refractivity contribution in [1.82, 2.24) is 9.88 Å². The number of nitrogens with zero attached hydrogens (tertiary/aromatic N) is 2. The fraction of sp³-hybridized carbons (Fsp3) is 0.419. The molecule has 3 N–H and O–H groups in total. The number of hydrogen-bond acceptors (Lipinski definition) is 6. The van der Waals surface area contributed by atoms with Crippen molar-refractivity contribution in [2.75, 3.05) is 37.8 Å². The third-order valence-electron chi connectivity index (χ3n) is 7.64. The van der Waals surface area contributed by atoms with Crippen LogP contribution in [-0.2, 0) is 12.4 Å². The molecule has 0 aliphatic carbocycles. The number of fused-ring (bicyclic) bond motifs is 1. The van der Waals surface area contributed by atoms with Crippen molar-refractivity contribution in [3.8, 4) is 0 Å². The zero-order chi connectivity index (χ0) is 32.5. The van der Waals surface area contributed by atoms with Crippen molar-refractivity contribution in [2.24, 2.45) is 11.8 Å². The zero-order valence-electron chi connectivity index (χ0n) is 24.6. The second kappa shape index (κ2) is 15.5. The number of pyridine rings is 1. The molecule has 0 spiro atoms. The van der Waals surface area contributed by atoms with Gasteiger partial charge in [0.2, 0.25) is 0 Å². The molecule has 236 valence electrons. The molecule has 0 bridgehead atoms. The van der Waals surface area contributed by atoms with Crippen molar-refractivity contribution in [2.45, 2.75) is 44.8 Å². The van der Waals surface area contributed by atoms with Crippen LogP contribution in [0.3, 0.4) is 0 Å². The van der Waals surface area contributed by atoms with Crippen molar-refractivity contribution in [1.29, 1.82) is 0 Å². The largest absolute Gasteiger partial charge is 0.416 e. The summed E-state index contributed by atoms with van der Waals surface area (Å²) in [6, 6.07) is 9.40. The minimum absolute atomic E-state index is 0.0544. The summed E-state index contributed by atoms with van der Waals surface area (Å²) in [5.74, 6) is 3.99. The van der Waals surface area contributed by atoms with E-state index in [-0.39, 0.29) is 17.8 Å². The van der Waals surface area contributed by atoms with Gasteiger partial charge in [-0.1, -0.05) is 25.2 Å². The normalized spacial score (nSPS) is 18.8. The average molecular weight is 629 g/mol.